The molecule has 55 heavy (non-hydrogen) atoms. The Morgan fingerprint density at radius 3 is 1.67 bits per heavy atom. The van der Waals surface area contributed by atoms with Gasteiger partial charge in [0.1, 0.15) is 0 Å². The fraction of sp³-hybridized carbons (Fsp3) is 0. The SMILES string of the molecule is c1ccc(-c2ccc(N(c3ccccc3)c3cccc(-n4c5ccccc5c5cc6c7ccc8ccccc8c7n(-c7ccccc7)c6cc54)c3)cc2)cc1. The Hall–Kier alpha value is -7.36. The van der Waals surface area contributed by atoms with E-state index in [1.54, 1.807) is 0 Å². The first-order valence-electron chi connectivity index (χ1n) is 18.9. The zero-order chi connectivity index (χ0) is 36.3. The van der Waals surface area contributed by atoms with Crippen molar-refractivity contribution in [3.8, 4) is 22.5 Å². The maximum absolute atomic E-state index is 2.46. The van der Waals surface area contributed by atoms with Crippen LogP contribution in [-0.4, -0.2) is 9.13 Å². The van der Waals surface area contributed by atoms with Crippen LogP contribution in [0.15, 0.2) is 212 Å². The Bertz CT molecular complexity index is 3180. The summed E-state index contributed by atoms with van der Waals surface area (Å²) in [5, 5.41) is 7.48. The monoisotopic (exact) mass is 701 g/mol. The quantitative estimate of drug-likeness (QED) is 0.168. The molecule has 2 heterocycles. The van der Waals surface area contributed by atoms with Crippen molar-refractivity contribution in [2.75, 3.05) is 4.90 Å². The molecule has 2 aromatic heterocycles. The van der Waals surface area contributed by atoms with Crippen LogP contribution in [0.2, 0.25) is 0 Å². The average molecular weight is 702 g/mol. The Labute approximate surface area is 319 Å². The van der Waals surface area contributed by atoms with Crippen LogP contribution >= 0.6 is 0 Å². The van der Waals surface area contributed by atoms with Crippen LogP contribution in [-0.2, 0) is 0 Å². The number of fused-ring (bicyclic) bond motifs is 8. The number of hydrogen-bond acceptors (Lipinski definition) is 1. The van der Waals surface area contributed by atoms with Crippen molar-refractivity contribution in [3.05, 3.63) is 212 Å². The van der Waals surface area contributed by atoms with Gasteiger partial charge >= 0.3 is 0 Å². The first kappa shape index (κ1) is 31.2. The Morgan fingerprint density at radius 1 is 0.291 bits per heavy atom. The molecule has 0 unspecified atom stereocenters. The number of rotatable bonds is 6. The number of para-hydroxylation sites is 3. The van der Waals surface area contributed by atoms with Gasteiger partial charge in [0.15, 0.2) is 0 Å². The minimum atomic E-state index is 1.09. The van der Waals surface area contributed by atoms with E-state index in [1.165, 1.54) is 65.5 Å². The van der Waals surface area contributed by atoms with Crippen LogP contribution in [0.4, 0.5) is 17.1 Å². The summed E-state index contributed by atoms with van der Waals surface area (Å²) in [5.41, 5.74) is 12.8. The minimum Gasteiger partial charge on any atom is -0.310 e. The smallest absolute Gasteiger partial charge is 0.0619 e. The maximum Gasteiger partial charge on any atom is 0.0619 e. The van der Waals surface area contributed by atoms with E-state index < -0.39 is 0 Å². The van der Waals surface area contributed by atoms with Gasteiger partial charge in [-0.2, -0.15) is 0 Å². The van der Waals surface area contributed by atoms with Crippen molar-refractivity contribution in [1.29, 1.82) is 0 Å². The maximum atomic E-state index is 2.46. The average Bonchev–Trinajstić information content (AvgIpc) is 3.76. The normalized spacial score (nSPS) is 11.6. The highest BCUT2D eigenvalue weighted by molar-refractivity contribution is 6.23. The zero-order valence-corrected chi connectivity index (χ0v) is 30.0. The lowest BCUT2D eigenvalue weighted by Gasteiger charge is -2.26. The van der Waals surface area contributed by atoms with Gasteiger partial charge in [0.2, 0.25) is 0 Å². The lowest BCUT2D eigenvalue weighted by molar-refractivity contribution is 1.16. The molecule has 3 heteroatoms. The van der Waals surface area contributed by atoms with Crippen molar-refractivity contribution >= 4 is 71.4 Å². The van der Waals surface area contributed by atoms with Gasteiger partial charge < -0.3 is 14.0 Å². The van der Waals surface area contributed by atoms with E-state index in [2.05, 4.69) is 226 Å². The van der Waals surface area contributed by atoms with Gasteiger partial charge in [-0.25, -0.2) is 0 Å². The molecule has 3 nitrogen and oxygen atoms in total. The molecular weight excluding hydrogens is 667 g/mol. The van der Waals surface area contributed by atoms with Gasteiger partial charge in [-0.05, 0) is 89.3 Å². The van der Waals surface area contributed by atoms with Crippen molar-refractivity contribution < 1.29 is 0 Å². The minimum absolute atomic E-state index is 1.09. The molecule has 0 N–H and O–H groups in total. The summed E-state index contributed by atoms with van der Waals surface area (Å²) in [6.07, 6.45) is 0. The van der Waals surface area contributed by atoms with Gasteiger partial charge in [0.25, 0.3) is 0 Å². The topological polar surface area (TPSA) is 13.1 Å². The summed E-state index contributed by atoms with van der Waals surface area (Å²) < 4.78 is 4.90. The Kier molecular flexibility index (Phi) is 7.17. The molecule has 0 atom stereocenters. The highest BCUT2D eigenvalue weighted by Gasteiger charge is 2.21. The summed E-state index contributed by atoms with van der Waals surface area (Å²) in [6, 6.07) is 76.8. The lowest BCUT2D eigenvalue weighted by atomic mass is 10.0. The van der Waals surface area contributed by atoms with E-state index in [-0.39, 0.29) is 0 Å². The number of aromatic nitrogens is 2. The zero-order valence-electron chi connectivity index (χ0n) is 30.0. The number of nitrogens with zero attached hydrogens (tertiary/aromatic N) is 3. The predicted molar refractivity (Wildman–Crippen MR) is 233 cm³/mol. The highest BCUT2D eigenvalue weighted by Crippen LogP contribution is 2.43. The third kappa shape index (κ3) is 5.05. The summed E-state index contributed by atoms with van der Waals surface area (Å²) in [7, 11) is 0. The van der Waals surface area contributed by atoms with Crippen LogP contribution < -0.4 is 4.90 Å². The molecule has 258 valence electrons. The van der Waals surface area contributed by atoms with E-state index >= 15 is 0 Å². The summed E-state index contributed by atoms with van der Waals surface area (Å²) in [4.78, 5) is 2.35. The van der Waals surface area contributed by atoms with Gasteiger partial charge in [-0.3, -0.25) is 0 Å². The number of anilines is 3. The predicted octanol–water partition coefficient (Wildman–Crippen LogP) is 14.2. The molecule has 0 bridgehead atoms. The molecule has 0 aliphatic rings. The highest BCUT2D eigenvalue weighted by atomic mass is 15.1. The molecule has 0 saturated carbocycles. The number of hydrogen-bond donors (Lipinski definition) is 0. The molecule has 0 amide bonds. The molecule has 0 aliphatic carbocycles. The third-order valence-corrected chi connectivity index (χ3v) is 11.1. The van der Waals surface area contributed by atoms with E-state index in [0.29, 0.717) is 0 Å². The first-order valence-corrected chi connectivity index (χ1v) is 18.9. The molecule has 0 saturated heterocycles. The van der Waals surface area contributed by atoms with Crippen molar-refractivity contribution in [3.63, 3.8) is 0 Å². The molecular formula is C52H35N3. The summed E-state index contributed by atoms with van der Waals surface area (Å²) >= 11 is 0. The Balaban J connectivity index is 1.15. The van der Waals surface area contributed by atoms with E-state index in [0.717, 1.165) is 28.4 Å². The second-order valence-corrected chi connectivity index (χ2v) is 14.2. The second kappa shape index (κ2) is 12.6. The number of benzene rings is 9. The van der Waals surface area contributed by atoms with Crippen LogP contribution in [0.3, 0.4) is 0 Å². The van der Waals surface area contributed by atoms with Crippen molar-refractivity contribution in [1.82, 2.24) is 9.13 Å². The molecule has 11 aromatic rings. The standard InChI is InChI=1S/C52H35N3/c1-4-15-36(16-5-1)37-27-30-41(31-28-37)53(39-18-6-2-7-19-39)42-22-14-23-43(33-42)54-49-26-13-12-25-45(49)47-34-48-46-32-29-38-17-10-11-24-44(38)52(46)55(51(48)35-50(47)54)40-20-8-3-9-21-40/h1-35H. The second-order valence-electron chi connectivity index (χ2n) is 14.2. The van der Waals surface area contributed by atoms with Gasteiger partial charge in [0, 0.05) is 55.4 Å². The molecule has 0 aliphatic heterocycles. The van der Waals surface area contributed by atoms with E-state index in [9.17, 15) is 0 Å². The van der Waals surface area contributed by atoms with Gasteiger partial charge in [0.05, 0.1) is 22.1 Å². The van der Waals surface area contributed by atoms with Gasteiger partial charge in [-0.15, -0.1) is 0 Å². The van der Waals surface area contributed by atoms with Crippen LogP contribution in [0.5, 0.6) is 0 Å². The molecule has 9 aromatic carbocycles. The molecule has 0 fully saturated rings. The summed E-state index contributed by atoms with van der Waals surface area (Å²) in [5.74, 6) is 0. The van der Waals surface area contributed by atoms with Crippen LogP contribution in [0, 0.1) is 0 Å². The largest absolute Gasteiger partial charge is 0.310 e. The molecule has 11 rings (SSSR count). The lowest BCUT2D eigenvalue weighted by Crippen LogP contribution is -2.10. The van der Waals surface area contributed by atoms with Crippen molar-refractivity contribution in [2.24, 2.45) is 0 Å². The van der Waals surface area contributed by atoms with Crippen LogP contribution in [0.25, 0.3) is 76.9 Å². The fourth-order valence-corrected chi connectivity index (χ4v) is 8.59. The fourth-order valence-electron chi connectivity index (χ4n) is 8.59. The summed E-state index contributed by atoms with van der Waals surface area (Å²) in [6.45, 7) is 0. The molecule has 0 spiro atoms. The van der Waals surface area contributed by atoms with Gasteiger partial charge in [-0.1, -0.05) is 140 Å². The van der Waals surface area contributed by atoms with Crippen LogP contribution in [0.1, 0.15) is 0 Å². The third-order valence-electron chi connectivity index (χ3n) is 11.1. The first-order chi connectivity index (χ1) is 27.3. The Morgan fingerprint density at radius 2 is 0.873 bits per heavy atom. The van der Waals surface area contributed by atoms with E-state index in [4.69, 9.17) is 0 Å². The molecule has 0 radical (unpaired) electrons. The van der Waals surface area contributed by atoms with Crippen molar-refractivity contribution in [2.45, 2.75) is 0 Å². The van der Waals surface area contributed by atoms with E-state index in [1.807, 2.05) is 0 Å².